The van der Waals surface area contributed by atoms with Gasteiger partial charge in [0.15, 0.2) is 9.84 Å². The molecular weight excluding hydrogens is 408 g/mol. The van der Waals surface area contributed by atoms with Crippen molar-refractivity contribution >= 4 is 44.9 Å². The molecule has 12 heteroatoms. The summed E-state index contributed by atoms with van der Waals surface area (Å²) < 4.78 is 28.1. The molecule has 2 aromatic rings. The van der Waals surface area contributed by atoms with E-state index in [0.717, 1.165) is 6.07 Å². The molecule has 3 N–H and O–H groups in total. The van der Waals surface area contributed by atoms with Gasteiger partial charge in [0.05, 0.1) is 22.7 Å². The van der Waals surface area contributed by atoms with Crippen LogP contribution in [0.25, 0.3) is 0 Å². The summed E-state index contributed by atoms with van der Waals surface area (Å²) in [6, 6.07) is 7.78. The van der Waals surface area contributed by atoms with Crippen molar-refractivity contribution in [3.8, 4) is 11.5 Å². The van der Waals surface area contributed by atoms with Crippen LogP contribution in [0, 0.1) is 0 Å². The largest absolute Gasteiger partial charge is 0.506 e. The highest BCUT2D eigenvalue weighted by molar-refractivity contribution is 7.94. The molecule has 0 bridgehead atoms. The van der Waals surface area contributed by atoms with Gasteiger partial charge in [-0.3, -0.25) is 0 Å². The van der Waals surface area contributed by atoms with E-state index in [0.29, 0.717) is 16.9 Å². The minimum absolute atomic E-state index is 0.00206. The normalized spacial score (nSPS) is 11.9. The summed E-state index contributed by atoms with van der Waals surface area (Å²) in [7, 11) is -3.59. The Hall–Kier alpha value is -1.89. The standard InChI is InChI=1S/C14H13ClN2O7S2/c15-5-6-26(21,22)10-2-3-11(14(19)8-10)16-17-12-7-9(25-24-23-20)1-4-13(12)18/h1-4,7-8,18-20H,5-6H2. The molecule has 0 aliphatic rings. The Bertz CT molecular complexity index is 906. The highest BCUT2D eigenvalue weighted by atomic mass is 35.5. The fourth-order valence-corrected chi connectivity index (χ4v) is 3.81. The second-order valence-corrected chi connectivity index (χ2v) is 8.00. The van der Waals surface area contributed by atoms with Crippen molar-refractivity contribution in [2.24, 2.45) is 10.2 Å². The molecule has 0 aromatic heterocycles. The van der Waals surface area contributed by atoms with Crippen LogP contribution in [-0.4, -0.2) is 35.5 Å². The SMILES string of the molecule is O=S(=O)(CCCl)c1ccc(N=Nc2cc(SOOO)ccc2O)c(O)c1. The predicted octanol–water partition coefficient (Wildman–Crippen LogP) is 3.95. The van der Waals surface area contributed by atoms with Crippen LogP contribution in [0.1, 0.15) is 0 Å². The number of aromatic hydroxyl groups is 2. The number of phenols is 2. The number of sulfone groups is 1. The minimum Gasteiger partial charge on any atom is -0.506 e. The topological polar surface area (TPSA) is 138 Å². The third kappa shape index (κ3) is 5.30. The molecule has 140 valence electrons. The number of rotatable bonds is 8. The van der Waals surface area contributed by atoms with E-state index >= 15 is 0 Å². The molecule has 0 saturated carbocycles. The lowest BCUT2D eigenvalue weighted by Gasteiger charge is -2.05. The number of alkyl halides is 1. The van der Waals surface area contributed by atoms with Gasteiger partial charge in [-0.15, -0.1) is 26.2 Å². The smallest absolute Gasteiger partial charge is 0.179 e. The monoisotopic (exact) mass is 420 g/mol. The average molecular weight is 421 g/mol. The van der Waals surface area contributed by atoms with Crippen LogP contribution in [0.3, 0.4) is 0 Å². The summed E-state index contributed by atoms with van der Waals surface area (Å²) in [5, 5.41) is 38.9. The zero-order chi connectivity index (χ0) is 19.2. The lowest BCUT2D eigenvalue weighted by atomic mass is 10.3. The van der Waals surface area contributed by atoms with Gasteiger partial charge in [0.25, 0.3) is 0 Å². The van der Waals surface area contributed by atoms with E-state index < -0.39 is 15.6 Å². The van der Waals surface area contributed by atoms with Gasteiger partial charge >= 0.3 is 0 Å². The van der Waals surface area contributed by atoms with Gasteiger partial charge in [0.2, 0.25) is 0 Å². The Labute approximate surface area is 157 Å². The van der Waals surface area contributed by atoms with E-state index in [1.54, 1.807) is 0 Å². The summed E-state index contributed by atoms with van der Waals surface area (Å²) in [5.41, 5.74) is 0.0528. The van der Waals surface area contributed by atoms with Crippen LogP contribution in [0.4, 0.5) is 11.4 Å². The van der Waals surface area contributed by atoms with E-state index in [9.17, 15) is 18.6 Å². The van der Waals surface area contributed by atoms with Gasteiger partial charge < -0.3 is 10.2 Å². The Morgan fingerprint density at radius 2 is 1.77 bits per heavy atom. The third-order valence-corrected chi connectivity index (χ3v) is 5.73. The first kappa shape index (κ1) is 20.4. The molecule has 0 saturated heterocycles. The van der Waals surface area contributed by atoms with Crippen LogP contribution in [-0.2, 0) is 19.2 Å². The maximum atomic E-state index is 11.9. The summed E-state index contributed by atoms with van der Waals surface area (Å²) >= 11 is 6.12. The van der Waals surface area contributed by atoms with Gasteiger partial charge in [-0.1, -0.05) is 5.04 Å². The number of azo groups is 1. The third-order valence-electron chi connectivity index (χ3n) is 3.02. The highest BCUT2D eigenvalue weighted by Gasteiger charge is 2.15. The number of hydrogen-bond acceptors (Lipinski definition) is 10. The van der Waals surface area contributed by atoms with Gasteiger partial charge in [0.1, 0.15) is 22.9 Å². The van der Waals surface area contributed by atoms with Crippen molar-refractivity contribution < 1.29 is 33.3 Å². The number of hydrogen-bond donors (Lipinski definition) is 3. The maximum absolute atomic E-state index is 11.9. The quantitative estimate of drug-likeness (QED) is 0.192. The van der Waals surface area contributed by atoms with Crippen molar-refractivity contribution in [3.63, 3.8) is 0 Å². The zero-order valence-corrected chi connectivity index (χ0v) is 15.3. The molecular formula is C14H13ClN2O7S2. The highest BCUT2D eigenvalue weighted by Crippen LogP contribution is 2.35. The molecule has 0 unspecified atom stereocenters. The van der Waals surface area contributed by atoms with Gasteiger partial charge in [-0.25, -0.2) is 13.7 Å². The van der Waals surface area contributed by atoms with Crippen molar-refractivity contribution in [2.45, 2.75) is 9.79 Å². The number of nitrogens with zero attached hydrogens (tertiary/aromatic N) is 2. The molecule has 0 radical (unpaired) electrons. The Kier molecular flexibility index (Phi) is 7.20. The molecule has 0 atom stereocenters. The molecule has 2 rings (SSSR count). The summed E-state index contributed by atoms with van der Waals surface area (Å²) in [6.07, 6.45) is 0. The van der Waals surface area contributed by atoms with Crippen LogP contribution in [0.5, 0.6) is 11.5 Å². The van der Waals surface area contributed by atoms with Crippen LogP contribution >= 0.6 is 23.6 Å². The van der Waals surface area contributed by atoms with Gasteiger partial charge in [-0.2, -0.15) is 0 Å². The molecule has 0 fully saturated rings. The Balaban J connectivity index is 2.26. The molecule has 26 heavy (non-hydrogen) atoms. The Morgan fingerprint density at radius 3 is 2.42 bits per heavy atom. The molecule has 9 nitrogen and oxygen atoms in total. The first-order chi connectivity index (χ1) is 12.4. The minimum atomic E-state index is -3.59. The summed E-state index contributed by atoms with van der Waals surface area (Å²) in [4.78, 5) is 0.356. The van der Waals surface area contributed by atoms with Crippen LogP contribution in [0.2, 0.25) is 0 Å². The second kappa shape index (κ2) is 9.16. The van der Waals surface area contributed by atoms with Crippen LogP contribution in [0.15, 0.2) is 56.4 Å². The number of benzene rings is 2. The van der Waals surface area contributed by atoms with E-state index in [4.69, 9.17) is 16.9 Å². The predicted molar refractivity (Wildman–Crippen MR) is 93.8 cm³/mol. The lowest BCUT2D eigenvalue weighted by molar-refractivity contribution is -0.432. The first-order valence-electron chi connectivity index (χ1n) is 6.88. The maximum Gasteiger partial charge on any atom is 0.179 e. The average Bonchev–Trinajstić information content (AvgIpc) is 2.60. The first-order valence-corrected chi connectivity index (χ1v) is 9.81. The molecule has 0 aliphatic heterocycles. The van der Waals surface area contributed by atoms with Gasteiger partial charge in [0, 0.05) is 16.8 Å². The number of halogens is 1. The van der Waals surface area contributed by atoms with Crippen molar-refractivity contribution in [1.29, 1.82) is 0 Å². The zero-order valence-electron chi connectivity index (χ0n) is 12.9. The van der Waals surface area contributed by atoms with E-state index in [1.807, 2.05) is 0 Å². The van der Waals surface area contributed by atoms with E-state index in [1.165, 1.54) is 30.3 Å². The fraction of sp³-hybridized carbons (Fsp3) is 0.143. The Morgan fingerprint density at radius 1 is 1.04 bits per heavy atom. The van der Waals surface area contributed by atoms with Crippen molar-refractivity contribution in [1.82, 2.24) is 0 Å². The summed E-state index contributed by atoms with van der Waals surface area (Å²) in [6.45, 7) is 0. The van der Waals surface area contributed by atoms with Crippen molar-refractivity contribution in [3.05, 3.63) is 36.4 Å². The molecule has 2 aromatic carbocycles. The molecule has 0 amide bonds. The number of phenolic OH excluding ortho intramolecular Hbond substituents is 2. The van der Waals surface area contributed by atoms with Crippen LogP contribution < -0.4 is 0 Å². The lowest BCUT2D eigenvalue weighted by Crippen LogP contribution is -2.07. The van der Waals surface area contributed by atoms with Crippen molar-refractivity contribution in [2.75, 3.05) is 11.6 Å². The molecule has 0 aliphatic carbocycles. The fourth-order valence-electron chi connectivity index (χ4n) is 1.80. The molecule has 0 heterocycles. The van der Waals surface area contributed by atoms with Gasteiger partial charge in [-0.05, 0) is 30.3 Å². The second-order valence-electron chi connectivity index (χ2n) is 4.73. The van der Waals surface area contributed by atoms with E-state index in [2.05, 4.69) is 19.6 Å². The summed E-state index contributed by atoms with van der Waals surface area (Å²) in [5.74, 6) is -0.911. The molecule has 0 spiro atoms. The van der Waals surface area contributed by atoms with E-state index in [-0.39, 0.29) is 33.7 Å².